The van der Waals surface area contributed by atoms with E-state index in [0.29, 0.717) is 22.2 Å². The molecule has 0 aliphatic heterocycles. The van der Waals surface area contributed by atoms with E-state index in [0.717, 1.165) is 4.70 Å². The van der Waals surface area contributed by atoms with Crippen LogP contribution in [0.5, 0.6) is 5.75 Å². The largest absolute Gasteiger partial charge is 0.494 e. The lowest BCUT2D eigenvalue weighted by Crippen LogP contribution is -2.31. The summed E-state index contributed by atoms with van der Waals surface area (Å²) in [5.74, 6) is 0.574. The Morgan fingerprint density at radius 1 is 1.13 bits per heavy atom. The summed E-state index contributed by atoms with van der Waals surface area (Å²) in [7, 11) is -2.03. The Bertz CT molecular complexity index is 1330. The molecule has 1 amide bonds. The van der Waals surface area contributed by atoms with Crippen LogP contribution in [0.4, 0.5) is 5.13 Å². The minimum Gasteiger partial charge on any atom is -0.494 e. The molecule has 4 aromatic rings. The van der Waals surface area contributed by atoms with Gasteiger partial charge in [0.25, 0.3) is 5.91 Å². The van der Waals surface area contributed by atoms with E-state index in [1.54, 1.807) is 44.4 Å². The number of amides is 1. The molecule has 0 aliphatic carbocycles. The molecule has 160 valence electrons. The number of para-hydroxylation sites is 1. The second-order valence-electron chi connectivity index (χ2n) is 6.67. The van der Waals surface area contributed by atoms with Gasteiger partial charge in [-0.25, -0.2) is 13.4 Å². The van der Waals surface area contributed by atoms with Crippen LogP contribution in [-0.2, 0) is 16.4 Å². The summed E-state index contributed by atoms with van der Waals surface area (Å²) in [5, 5.41) is 0.421. The number of methoxy groups -OCH3 is 1. The third-order valence-electron chi connectivity index (χ3n) is 4.79. The van der Waals surface area contributed by atoms with E-state index in [2.05, 4.69) is 4.98 Å². The van der Waals surface area contributed by atoms with Gasteiger partial charge in [-0.15, -0.1) is 0 Å². The van der Waals surface area contributed by atoms with Gasteiger partial charge in [0.15, 0.2) is 15.0 Å². The van der Waals surface area contributed by atoms with Gasteiger partial charge in [0, 0.05) is 0 Å². The molecule has 0 radical (unpaired) electrons. The summed E-state index contributed by atoms with van der Waals surface area (Å²) in [6.45, 7) is 1.66. The van der Waals surface area contributed by atoms with Gasteiger partial charge in [0.05, 0.1) is 40.8 Å². The van der Waals surface area contributed by atoms with Crippen molar-refractivity contribution < 1.29 is 22.4 Å². The summed E-state index contributed by atoms with van der Waals surface area (Å²) in [5.41, 5.74) is 0.735. The normalized spacial score (nSPS) is 11.5. The molecule has 31 heavy (non-hydrogen) atoms. The lowest BCUT2D eigenvalue weighted by atomic mass is 10.2. The lowest BCUT2D eigenvalue weighted by Gasteiger charge is -2.20. The Hall–Kier alpha value is -3.17. The molecule has 0 unspecified atom stereocenters. The van der Waals surface area contributed by atoms with E-state index in [4.69, 9.17) is 9.15 Å². The lowest BCUT2D eigenvalue weighted by molar-refractivity contribution is 0.0980. The molecule has 0 saturated heterocycles. The Kier molecular flexibility index (Phi) is 5.79. The van der Waals surface area contributed by atoms with Gasteiger partial charge in [-0.3, -0.25) is 9.69 Å². The molecule has 9 heteroatoms. The number of thiazole rings is 1. The molecular weight excluding hydrogens is 436 g/mol. The van der Waals surface area contributed by atoms with E-state index >= 15 is 0 Å². The van der Waals surface area contributed by atoms with E-state index in [1.807, 2.05) is 12.1 Å². The van der Waals surface area contributed by atoms with Crippen molar-refractivity contribution in [3.8, 4) is 5.75 Å². The summed E-state index contributed by atoms with van der Waals surface area (Å²) < 4.78 is 36.9. The highest BCUT2D eigenvalue weighted by atomic mass is 32.2. The van der Waals surface area contributed by atoms with Crippen LogP contribution in [0.2, 0.25) is 0 Å². The summed E-state index contributed by atoms with van der Waals surface area (Å²) in [4.78, 5) is 19.7. The number of furan rings is 1. The highest BCUT2D eigenvalue weighted by molar-refractivity contribution is 7.91. The number of aromatic nitrogens is 1. The maximum absolute atomic E-state index is 13.6. The van der Waals surface area contributed by atoms with Crippen molar-refractivity contribution in [1.29, 1.82) is 0 Å². The second-order valence-corrected chi connectivity index (χ2v) is 9.93. The average molecular weight is 457 g/mol. The maximum Gasteiger partial charge on any atom is 0.261 e. The third-order valence-corrected chi connectivity index (χ3v) is 7.62. The Labute approximate surface area is 183 Å². The van der Waals surface area contributed by atoms with Gasteiger partial charge in [-0.05, 0) is 36.4 Å². The molecule has 7 nitrogen and oxygen atoms in total. The molecular formula is C22H20N2O5S2. The van der Waals surface area contributed by atoms with Crippen molar-refractivity contribution in [2.45, 2.75) is 18.4 Å². The number of anilines is 1. The topological polar surface area (TPSA) is 89.7 Å². The smallest absolute Gasteiger partial charge is 0.261 e. The number of hydrogen-bond donors (Lipinski definition) is 0. The minimum absolute atomic E-state index is 0.00522. The fourth-order valence-electron chi connectivity index (χ4n) is 3.19. The molecule has 0 fully saturated rings. The van der Waals surface area contributed by atoms with Crippen LogP contribution >= 0.6 is 11.3 Å². The zero-order valence-corrected chi connectivity index (χ0v) is 18.6. The first-order valence-electron chi connectivity index (χ1n) is 9.54. The first kappa shape index (κ1) is 21.1. The fourth-order valence-corrected chi connectivity index (χ4v) is 5.26. The van der Waals surface area contributed by atoms with Crippen molar-refractivity contribution in [2.24, 2.45) is 0 Å². The van der Waals surface area contributed by atoms with Crippen LogP contribution in [0, 0.1) is 0 Å². The van der Waals surface area contributed by atoms with Crippen molar-refractivity contribution in [3.05, 3.63) is 72.2 Å². The Balaban J connectivity index is 1.85. The monoisotopic (exact) mass is 456 g/mol. The highest BCUT2D eigenvalue weighted by Gasteiger charge is 2.28. The summed E-state index contributed by atoms with van der Waals surface area (Å²) in [6.07, 6.45) is 1.52. The van der Waals surface area contributed by atoms with Crippen LogP contribution in [0.3, 0.4) is 0 Å². The quantitative estimate of drug-likeness (QED) is 0.406. The summed E-state index contributed by atoms with van der Waals surface area (Å²) >= 11 is 1.32. The summed E-state index contributed by atoms with van der Waals surface area (Å²) in [6, 6.07) is 15.3. The number of carbonyl (C=O) groups excluding carboxylic acids is 1. The van der Waals surface area contributed by atoms with Gasteiger partial charge in [-0.2, -0.15) is 0 Å². The van der Waals surface area contributed by atoms with Crippen LogP contribution in [0.1, 0.15) is 23.0 Å². The second kappa shape index (κ2) is 8.52. The average Bonchev–Trinajstić information content (AvgIpc) is 3.46. The van der Waals surface area contributed by atoms with E-state index in [9.17, 15) is 13.2 Å². The van der Waals surface area contributed by atoms with E-state index in [-0.39, 0.29) is 22.8 Å². The standard InChI is InChI=1S/C22H20N2O5S2/c1-3-31(26,27)19-12-5-4-9-16(19)21(25)24(14-15-8-7-13-29-15)22-23-20-17(28-2)10-6-11-18(20)30-22/h4-13H,3,14H2,1-2H3. The zero-order valence-electron chi connectivity index (χ0n) is 16.9. The predicted molar refractivity (Wildman–Crippen MR) is 120 cm³/mol. The maximum atomic E-state index is 13.6. The number of benzene rings is 2. The van der Waals surface area contributed by atoms with E-state index < -0.39 is 15.7 Å². The highest BCUT2D eigenvalue weighted by Crippen LogP contribution is 2.35. The fraction of sp³-hybridized carbons (Fsp3) is 0.182. The number of ether oxygens (including phenoxy) is 1. The van der Waals surface area contributed by atoms with Gasteiger partial charge in [0.1, 0.15) is 17.0 Å². The van der Waals surface area contributed by atoms with Gasteiger partial charge in [-0.1, -0.05) is 36.5 Å². The third kappa shape index (κ3) is 4.06. The molecule has 0 N–H and O–H groups in total. The molecule has 0 spiro atoms. The van der Waals surface area contributed by atoms with Gasteiger partial charge >= 0.3 is 0 Å². The molecule has 2 aromatic carbocycles. The van der Waals surface area contributed by atoms with Gasteiger partial charge < -0.3 is 9.15 Å². The minimum atomic E-state index is -3.59. The molecule has 0 aliphatic rings. The Morgan fingerprint density at radius 3 is 2.65 bits per heavy atom. The van der Waals surface area contributed by atoms with Crippen molar-refractivity contribution in [1.82, 2.24) is 4.98 Å². The molecule has 2 aromatic heterocycles. The number of sulfone groups is 1. The first-order chi connectivity index (χ1) is 14.9. The predicted octanol–water partition coefficient (Wildman–Crippen LogP) is 4.54. The van der Waals surface area contributed by atoms with Crippen LogP contribution in [0.15, 0.2) is 70.2 Å². The SMILES string of the molecule is CCS(=O)(=O)c1ccccc1C(=O)N(Cc1ccco1)c1nc2c(OC)cccc2s1. The number of rotatable bonds is 7. The van der Waals surface area contributed by atoms with Crippen LogP contribution in [-0.4, -0.2) is 32.2 Å². The number of carbonyl (C=O) groups is 1. The van der Waals surface area contributed by atoms with Crippen LogP contribution < -0.4 is 9.64 Å². The zero-order chi connectivity index (χ0) is 22.0. The number of nitrogens with zero attached hydrogens (tertiary/aromatic N) is 2. The molecule has 0 bridgehead atoms. The molecule has 0 saturated carbocycles. The Morgan fingerprint density at radius 2 is 1.94 bits per heavy atom. The first-order valence-corrected chi connectivity index (χ1v) is 12.0. The van der Waals surface area contributed by atoms with Crippen LogP contribution in [0.25, 0.3) is 10.2 Å². The molecule has 2 heterocycles. The molecule has 4 rings (SSSR count). The van der Waals surface area contributed by atoms with Crippen molar-refractivity contribution in [2.75, 3.05) is 17.8 Å². The molecule has 0 atom stereocenters. The van der Waals surface area contributed by atoms with Gasteiger partial charge in [0.2, 0.25) is 0 Å². The number of hydrogen-bond acceptors (Lipinski definition) is 7. The van der Waals surface area contributed by atoms with E-state index in [1.165, 1.54) is 34.6 Å². The van der Waals surface area contributed by atoms with Crippen molar-refractivity contribution in [3.63, 3.8) is 0 Å². The number of fused-ring (bicyclic) bond motifs is 1. The van der Waals surface area contributed by atoms with Crippen molar-refractivity contribution >= 4 is 42.4 Å².